The first-order valence-electron chi connectivity index (χ1n) is 4.71. The van der Waals surface area contributed by atoms with E-state index in [1.165, 1.54) is 0 Å². The van der Waals surface area contributed by atoms with E-state index in [0.29, 0.717) is 24.9 Å². The number of hydrogen-bond donors (Lipinski definition) is 2. The minimum Gasteiger partial charge on any atom is -0.444 e. The number of aromatic nitrogens is 1. The van der Waals surface area contributed by atoms with Gasteiger partial charge in [-0.25, -0.2) is 9.98 Å². The maximum atomic E-state index is 5.57. The third-order valence-electron chi connectivity index (χ3n) is 1.89. The van der Waals surface area contributed by atoms with Gasteiger partial charge in [-0.15, -0.1) is 30.6 Å². The molecule has 0 saturated carbocycles. The summed E-state index contributed by atoms with van der Waals surface area (Å²) in [6, 6.07) is 0. The molecule has 0 atom stereocenters. The molecule has 0 fully saturated rings. The van der Waals surface area contributed by atoms with Crippen molar-refractivity contribution in [2.45, 2.75) is 20.4 Å². The monoisotopic (exact) mass is 336 g/mol. The molecule has 0 bridgehead atoms. The topological polar surface area (TPSA) is 76.4 Å². The predicted molar refractivity (Wildman–Crippen MR) is 74.9 cm³/mol. The number of hydrogen-bond acceptors (Lipinski definition) is 3. The third-order valence-corrected chi connectivity index (χ3v) is 1.89. The van der Waals surface area contributed by atoms with Crippen LogP contribution >= 0.6 is 24.0 Å². The van der Waals surface area contributed by atoms with Crippen molar-refractivity contribution in [2.75, 3.05) is 6.54 Å². The molecular weight excluding hydrogens is 319 g/mol. The van der Waals surface area contributed by atoms with Crippen molar-refractivity contribution >= 4 is 29.9 Å². The normalized spacial score (nSPS) is 10.8. The van der Waals surface area contributed by atoms with Crippen molar-refractivity contribution in [3.05, 3.63) is 30.0 Å². The molecule has 1 heterocycles. The lowest BCUT2D eigenvalue weighted by molar-refractivity contribution is 0.473. The Morgan fingerprint density at radius 3 is 2.81 bits per heavy atom. The second-order valence-corrected chi connectivity index (χ2v) is 3.12. The van der Waals surface area contributed by atoms with Crippen LogP contribution in [-0.4, -0.2) is 17.5 Å². The van der Waals surface area contributed by atoms with Gasteiger partial charge >= 0.3 is 0 Å². The first-order valence-corrected chi connectivity index (χ1v) is 4.71. The Labute approximate surface area is 112 Å². The molecule has 0 saturated heterocycles. The van der Waals surface area contributed by atoms with Crippen molar-refractivity contribution in [3.8, 4) is 0 Å². The molecule has 1 aromatic heterocycles. The molecule has 0 aliphatic heterocycles. The average Bonchev–Trinajstić information content (AvgIpc) is 2.52. The Kier molecular flexibility index (Phi) is 6.78. The fourth-order valence-electron chi connectivity index (χ4n) is 0.992. The van der Waals surface area contributed by atoms with Gasteiger partial charge in [-0.1, -0.05) is 6.08 Å². The second-order valence-electron chi connectivity index (χ2n) is 3.12. The smallest absolute Gasteiger partial charge is 0.216 e. The van der Waals surface area contributed by atoms with Crippen LogP contribution in [-0.2, 0) is 6.54 Å². The van der Waals surface area contributed by atoms with Crippen LogP contribution < -0.4 is 11.1 Å². The molecular formula is C10H17IN4O. The van der Waals surface area contributed by atoms with Gasteiger partial charge in [-0.2, -0.15) is 0 Å². The summed E-state index contributed by atoms with van der Waals surface area (Å²) in [5.41, 5.74) is 6.46. The SMILES string of the molecule is C=CCNC(N)=NCc1nc(C)c(C)o1.I. The summed E-state index contributed by atoms with van der Waals surface area (Å²) in [6.07, 6.45) is 1.71. The lowest BCUT2D eigenvalue weighted by atomic mass is 10.4. The molecule has 0 aliphatic rings. The Hall–Kier alpha value is -1.05. The van der Waals surface area contributed by atoms with Crippen molar-refractivity contribution in [2.24, 2.45) is 10.7 Å². The van der Waals surface area contributed by atoms with E-state index >= 15 is 0 Å². The first kappa shape index (κ1) is 14.9. The van der Waals surface area contributed by atoms with Gasteiger partial charge in [0, 0.05) is 6.54 Å². The van der Waals surface area contributed by atoms with E-state index in [-0.39, 0.29) is 24.0 Å². The Morgan fingerprint density at radius 1 is 1.62 bits per heavy atom. The van der Waals surface area contributed by atoms with Crippen molar-refractivity contribution in [3.63, 3.8) is 0 Å². The van der Waals surface area contributed by atoms with Gasteiger partial charge in [-0.3, -0.25) is 0 Å². The fourth-order valence-corrected chi connectivity index (χ4v) is 0.992. The van der Waals surface area contributed by atoms with Crippen LogP contribution in [0.3, 0.4) is 0 Å². The number of oxazole rings is 1. The van der Waals surface area contributed by atoms with Crippen LogP contribution in [0.15, 0.2) is 22.1 Å². The van der Waals surface area contributed by atoms with Crippen LogP contribution in [0, 0.1) is 13.8 Å². The van der Waals surface area contributed by atoms with Crippen molar-refractivity contribution in [1.29, 1.82) is 0 Å². The maximum absolute atomic E-state index is 5.57. The van der Waals surface area contributed by atoms with Gasteiger partial charge in [0.2, 0.25) is 5.89 Å². The Balaban J connectivity index is 0.00000225. The molecule has 1 rings (SSSR count). The van der Waals surface area contributed by atoms with Gasteiger partial charge in [0.05, 0.1) is 5.69 Å². The van der Waals surface area contributed by atoms with Crippen LogP contribution in [0.4, 0.5) is 0 Å². The third kappa shape index (κ3) is 4.65. The summed E-state index contributed by atoms with van der Waals surface area (Å²) in [6.45, 7) is 8.27. The van der Waals surface area contributed by atoms with Crippen molar-refractivity contribution in [1.82, 2.24) is 10.3 Å². The lowest BCUT2D eigenvalue weighted by Crippen LogP contribution is -2.31. The number of aryl methyl sites for hydroxylation is 2. The quantitative estimate of drug-likeness (QED) is 0.378. The highest BCUT2D eigenvalue weighted by Gasteiger charge is 2.03. The molecule has 0 amide bonds. The molecule has 0 unspecified atom stereocenters. The zero-order chi connectivity index (χ0) is 11.3. The molecule has 3 N–H and O–H groups in total. The van der Waals surface area contributed by atoms with Crippen LogP contribution in [0.1, 0.15) is 17.3 Å². The average molecular weight is 336 g/mol. The molecule has 90 valence electrons. The summed E-state index contributed by atoms with van der Waals surface area (Å²) < 4.78 is 5.35. The van der Waals surface area contributed by atoms with E-state index in [1.54, 1.807) is 6.08 Å². The van der Waals surface area contributed by atoms with E-state index in [1.807, 2.05) is 13.8 Å². The standard InChI is InChI=1S/C10H16N4O.HI/c1-4-5-12-10(11)13-6-9-14-7(2)8(3)15-9;/h4H,1,5-6H2,2-3H3,(H3,11,12,13);1H. The van der Waals surface area contributed by atoms with Crippen LogP contribution in [0.2, 0.25) is 0 Å². The van der Waals surface area contributed by atoms with Gasteiger partial charge in [-0.05, 0) is 13.8 Å². The number of rotatable bonds is 4. The minimum absolute atomic E-state index is 0. The number of nitrogens with zero attached hydrogens (tertiary/aromatic N) is 2. The largest absolute Gasteiger partial charge is 0.444 e. The second kappa shape index (κ2) is 7.26. The molecule has 5 nitrogen and oxygen atoms in total. The summed E-state index contributed by atoms with van der Waals surface area (Å²) in [5.74, 6) is 1.76. The zero-order valence-electron chi connectivity index (χ0n) is 9.49. The molecule has 0 spiro atoms. The number of aliphatic imine (C=N–C) groups is 1. The lowest BCUT2D eigenvalue weighted by Gasteiger charge is -1.99. The minimum atomic E-state index is 0. The number of nitrogens with two attached hydrogens (primary N) is 1. The van der Waals surface area contributed by atoms with Gasteiger partial charge in [0.15, 0.2) is 5.96 Å². The van der Waals surface area contributed by atoms with E-state index in [4.69, 9.17) is 10.2 Å². The zero-order valence-corrected chi connectivity index (χ0v) is 11.8. The molecule has 1 aromatic rings. The summed E-state index contributed by atoms with van der Waals surface area (Å²) >= 11 is 0. The summed E-state index contributed by atoms with van der Waals surface area (Å²) in [4.78, 5) is 8.25. The maximum Gasteiger partial charge on any atom is 0.216 e. The van der Waals surface area contributed by atoms with Gasteiger partial charge in [0.25, 0.3) is 0 Å². The number of guanidine groups is 1. The van der Waals surface area contributed by atoms with E-state index in [2.05, 4.69) is 21.9 Å². The Bertz CT molecular complexity index is 353. The molecule has 0 aromatic carbocycles. The van der Waals surface area contributed by atoms with E-state index in [0.717, 1.165) is 11.5 Å². The van der Waals surface area contributed by atoms with E-state index < -0.39 is 0 Å². The molecule has 0 radical (unpaired) electrons. The highest BCUT2D eigenvalue weighted by molar-refractivity contribution is 14.0. The van der Waals surface area contributed by atoms with E-state index in [9.17, 15) is 0 Å². The van der Waals surface area contributed by atoms with Crippen LogP contribution in [0.5, 0.6) is 0 Å². The molecule has 6 heteroatoms. The Morgan fingerprint density at radius 2 is 2.31 bits per heavy atom. The number of halogens is 1. The van der Waals surface area contributed by atoms with Crippen molar-refractivity contribution < 1.29 is 4.42 Å². The van der Waals surface area contributed by atoms with Crippen LogP contribution in [0.25, 0.3) is 0 Å². The van der Waals surface area contributed by atoms with Gasteiger partial charge < -0.3 is 15.5 Å². The number of nitrogens with one attached hydrogen (secondary N) is 1. The predicted octanol–water partition coefficient (Wildman–Crippen LogP) is 1.50. The molecule has 0 aliphatic carbocycles. The fraction of sp³-hybridized carbons (Fsp3) is 0.400. The molecule has 16 heavy (non-hydrogen) atoms. The summed E-state index contributed by atoms with van der Waals surface area (Å²) in [5, 5.41) is 2.86. The summed E-state index contributed by atoms with van der Waals surface area (Å²) in [7, 11) is 0. The van der Waals surface area contributed by atoms with Gasteiger partial charge in [0.1, 0.15) is 12.3 Å². The highest BCUT2D eigenvalue weighted by atomic mass is 127. The highest BCUT2D eigenvalue weighted by Crippen LogP contribution is 2.08. The first-order chi connectivity index (χ1) is 7.13.